The Labute approximate surface area is 223 Å². The lowest BCUT2D eigenvalue weighted by atomic mass is 10.0. The number of unbranched alkanes of at least 4 members (excludes halogenated alkanes) is 8. The maximum absolute atomic E-state index is 9.56. The van der Waals surface area contributed by atoms with Gasteiger partial charge in [-0.15, -0.1) is 0 Å². The first kappa shape index (κ1) is 30.2. The van der Waals surface area contributed by atoms with E-state index in [0.29, 0.717) is 30.7 Å². The molecule has 2 rings (SSSR count). The van der Waals surface area contributed by atoms with E-state index in [9.17, 15) is 10.4 Å². The van der Waals surface area contributed by atoms with Gasteiger partial charge in [-0.2, -0.15) is 0 Å². The van der Waals surface area contributed by atoms with Crippen molar-refractivity contribution >= 4 is 11.4 Å². The highest BCUT2D eigenvalue weighted by atomic mass is 16.5. The molecule has 0 heterocycles. The lowest BCUT2D eigenvalue weighted by Gasteiger charge is -2.10. The van der Waals surface area contributed by atoms with Gasteiger partial charge in [0.15, 0.2) is 0 Å². The highest BCUT2D eigenvalue weighted by Gasteiger charge is 2.09. The van der Waals surface area contributed by atoms with E-state index in [1.54, 1.807) is 0 Å². The van der Waals surface area contributed by atoms with Crippen LogP contribution in [-0.4, -0.2) is 35.1 Å². The molecule has 0 fully saturated rings. The molecule has 6 nitrogen and oxygen atoms in total. The van der Waals surface area contributed by atoms with Crippen LogP contribution in [0.1, 0.15) is 108 Å². The van der Waals surface area contributed by atoms with Crippen molar-refractivity contribution in [1.29, 1.82) is 0 Å². The van der Waals surface area contributed by atoms with E-state index in [2.05, 4.69) is 24.2 Å². The number of benzene rings is 2. The predicted molar refractivity (Wildman–Crippen MR) is 152 cm³/mol. The van der Waals surface area contributed by atoms with Crippen LogP contribution in [0.2, 0.25) is 0 Å². The largest absolute Gasteiger partial charge is 0.494 e. The summed E-state index contributed by atoms with van der Waals surface area (Å²) in [6.07, 6.45) is 13.9. The maximum Gasteiger partial charge on any atom is 0.119 e. The van der Waals surface area contributed by atoms with Crippen LogP contribution in [0.3, 0.4) is 0 Å². The SMILES string of the molecule is CCCCCCCOc1ccc(C(CCCC(=NO)c2ccc(OCCCCCCC)cc2)=NO)cc1. The van der Waals surface area contributed by atoms with Crippen LogP contribution in [0, 0.1) is 0 Å². The minimum absolute atomic E-state index is 0.562. The summed E-state index contributed by atoms with van der Waals surface area (Å²) in [5, 5.41) is 26.1. The Kier molecular flexibility index (Phi) is 15.6. The van der Waals surface area contributed by atoms with Gasteiger partial charge in [-0.05, 0) is 91.8 Å². The second-order valence-corrected chi connectivity index (χ2v) is 9.52. The number of nitrogens with zero attached hydrogens (tertiary/aromatic N) is 2. The Hall–Kier alpha value is -3.02. The van der Waals surface area contributed by atoms with E-state index in [4.69, 9.17) is 9.47 Å². The molecule has 0 aliphatic carbocycles. The first-order valence-electron chi connectivity index (χ1n) is 14.1. The van der Waals surface area contributed by atoms with Crippen molar-refractivity contribution in [2.45, 2.75) is 97.3 Å². The van der Waals surface area contributed by atoms with Gasteiger partial charge in [0.25, 0.3) is 0 Å². The molecule has 0 aliphatic rings. The molecular formula is C31H46N2O4. The van der Waals surface area contributed by atoms with Crippen molar-refractivity contribution in [2.24, 2.45) is 10.3 Å². The van der Waals surface area contributed by atoms with Crippen molar-refractivity contribution in [3.63, 3.8) is 0 Å². The fraction of sp³-hybridized carbons (Fsp3) is 0.548. The minimum atomic E-state index is 0.562. The molecule has 2 N–H and O–H groups in total. The molecule has 0 saturated carbocycles. The van der Waals surface area contributed by atoms with Gasteiger partial charge >= 0.3 is 0 Å². The summed E-state index contributed by atoms with van der Waals surface area (Å²) in [7, 11) is 0. The quantitative estimate of drug-likeness (QED) is 0.0808. The molecule has 0 bridgehead atoms. The normalized spacial score (nSPS) is 12.1. The average Bonchev–Trinajstić information content (AvgIpc) is 2.94. The lowest BCUT2D eigenvalue weighted by Crippen LogP contribution is -2.06. The molecule has 2 aromatic rings. The topological polar surface area (TPSA) is 83.6 Å². The van der Waals surface area contributed by atoms with E-state index in [0.717, 1.165) is 48.7 Å². The smallest absolute Gasteiger partial charge is 0.119 e. The first-order valence-corrected chi connectivity index (χ1v) is 14.1. The Morgan fingerprint density at radius 3 is 1.27 bits per heavy atom. The molecule has 0 radical (unpaired) electrons. The number of ether oxygens (including phenoxy) is 2. The van der Waals surface area contributed by atoms with E-state index < -0.39 is 0 Å². The van der Waals surface area contributed by atoms with Gasteiger partial charge in [0.05, 0.1) is 24.6 Å². The zero-order chi connectivity index (χ0) is 26.6. The molecule has 0 amide bonds. The molecular weight excluding hydrogens is 464 g/mol. The summed E-state index contributed by atoms with van der Waals surface area (Å²) in [4.78, 5) is 0. The Morgan fingerprint density at radius 1 is 0.541 bits per heavy atom. The molecule has 6 heteroatoms. The molecule has 0 atom stereocenters. The maximum atomic E-state index is 9.56. The van der Waals surface area contributed by atoms with Crippen molar-refractivity contribution < 1.29 is 19.9 Å². The molecule has 0 aliphatic heterocycles. The van der Waals surface area contributed by atoms with Crippen molar-refractivity contribution in [2.75, 3.05) is 13.2 Å². The van der Waals surface area contributed by atoms with Gasteiger partial charge < -0.3 is 19.9 Å². The van der Waals surface area contributed by atoms with Crippen molar-refractivity contribution in [1.82, 2.24) is 0 Å². The van der Waals surface area contributed by atoms with Crippen LogP contribution in [0.4, 0.5) is 0 Å². The van der Waals surface area contributed by atoms with Crippen LogP contribution in [0.5, 0.6) is 11.5 Å². The highest BCUT2D eigenvalue weighted by molar-refractivity contribution is 6.02. The standard InChI is InChI=1S/C31H46N2O4/c1-3-5-7-9-11-24-36-28-20-16-26(17-21-28)30(32-34)14-13-15-31(33-35)27-18-22-29(23-19-27)37-25-12-10-8-6-4-2/h16-23,34-35H,3-15,24-25H2,1-2H3. The molecule has 0 spiro atoms. The van der Waals surface area contributed by atoms with Crippen LogP contribution in [0.15, 0.2) is 58.8 Å². The van der Waals surface area contributed by atoms with Gasteiger partial charge in [0, 0.05) is 0 Å². The predicted octanol–water partition coefficient (Wildman–Crippen LogP) is 8.61. The summed E-state index contributed by atoms with van der Waals surface area (Å²) in [6, 6.07) is 15.4. The molecule has 0 unspecified atom stereocenters. The molecule has 204 valence electrons. The fourth-order valence-corrected chi connectivity index (χ4v) is 4.21. The van der Waals surface area contributed by atoms with Crippen molar-refractivity contribution in [3.8, 4) is 11.5 Å². The van der Waals surface area contributed by atoms with Crippen LogP contribution in [-0.2, 0) is 0 Å². The zero-order valence-electron chi connectivity index (χ0n) is 22.8. The summed E-state index contributed by atoms with van der Waals surface area (Å²) < 4.78 is 11.7. The Balaban J connectivity index is 1.75. The van der Waals surface area contributed by atoms with E-state index in [-0.39, 0.29) is 0 Å². The van der Waals surface area contributed by atoms with Crippen LogP contribution >= 0.6 is 0 Å². The van der Waals surface area contributed by atoms with Gasteiger partial charge in [0.1, 0.15) is 11.5 Å². The molecule has 0 aromatic heterocycles. The van der Waals surface area contributed by atoms with E-state index >= 15 is 0 Å². The third-order valence-corrected chi connectivity index (χ3v) is 6.48. The number of rotatable bonds is 20. The highest BCUT2D eigenvalue weighted by Crippen LogP contribution is 2.19. The molecule has 37 heavy (non-hydrogen) atoms. The van der Waals surface area contributed by atoms with Crippen LogP contribution < -0.4 is 9.47 Å². The molecule has 2 aromatic carbocycles. The molecule has 0 saturated heterocycles. The summed E-state index contributed by atoms with van der Waals surface area (Å²) in [5.41, 5.74) is 2.92. The second kappa shape index (κ2) is 19.1. The Bertz CT molecular complexity index is 832. The summed E-state index contributed by atoms with van der Waals surface area (Å²) in [5.74, 6) is 1.66. The average molecular weight is 511 g/mol. The summed E-state index contributed by atoms with van der Waals surface area (Å²) >= 11 is 0. The van der Waals surface area contributed by atoms with Gasteiger partial charge in [-0.3, -0.25) is 0 Å². The van der Waals surface area contributed by atoms with Gasteiger partial charge in [-0.25, -0.2) is 0 Å². The first-order chi connectivity index (χ1) is 18.2. The number of hydrogen-bond donors (Lipinski definition) is 2. The second-order valence-electron chi connectivity index (χ2n) is 9.52. The third kappa shape index (κ3) is 12.2. The minimum Gasteiger partial charge on any atom is -0.494 e. The number of oxime groups is 2. The lowest BCUT2D eigenvalue weighted by molar-refractivity contribution is 0.304. The van der Waals surface area contributed by atoms with E-state index in [1.807, 2.05) is 48.5 Å². The van der Waals surface area contributed by atoms with Gasteiger partial charge in [-0.1, -0.05) is 75.5 Å². The Morgan fingerprint density at radius 2 is 0.919 bits per heavy atom. The van der Waals surface area contributed by atoms with Crippen LogP contribution in [0.25, 0.3) is 0 Å². The van der Waals surface area contributed by atoms with E-state index in [1.165, 1.54) is 51.4 Å². The summed E-state index contributed by atoms with van der Waals surface area (Å²) in [6.45, 7) is 5.87. The number of hydrogen-bond acceptors (Lipinski definition) is 6. The monoisotopic (exact) mass is 510 g/mol. The third-order valence-electron chi connectivity index (χ3n) is 6.48. The van der Waals surface area contributed by atoms with Gasteiger partial charge in [0.2, 0.25) is 0 Å². The zero-order valence-corrected chi connectivity index (χ0v) is 22.8. The fourth-order valence-electron chi connectivity index (χ4n) is 4.21. The van der Waals surface area contributed by atoms with Crippen molar-refractivity contribution in [3.05, 3.63) is 59.7 Å².